The Labute approximate surface area is 126 Å². The molecule has 0 saturated heterocycles. The molecule has 106 valence electrons. The van der Waals surface area contributed by atoms with Crippen LogP contribution in [0.4, 0.5) is 21.6 Å². The second-order valence-corrected chi connectivity index (χ2v) is 5.24. The number of pyridine rings is 1. The van der Waals surface area contributed by atoms with Crippen LogP contribution in [-0.2, 0) is 0 Å². The number of benzene rings is 2. The molecule has 1 heterocycles. The number of hydrogen-bond donors (Lipinski definition) is 2. The van der Waals surface area contributed by atoms with Crippen molar-refractivity contribution in [3.8, 4) is 0 Å². The highest BCUT2D eigenvalue weighted by Crippen LogP contribution is 2.31. The monoisotopic (exact) mass is 301 g/mol. The van der Waals surface area contributed by atoms with Gasteiger partial charge in [0.05, 0.1) is 5.69 Å². The molecule has 0 unspecified atom stereocenters. The molecule has 3 rings (SSSR count). The predicted octanol–water partition coefficient (Wildman–Crippen LogP) is 4.66. The average Bonchev–Trinajstić information content (AvgIpc) is 2.47. The van der Waals surface area contributed by atoms with Gasteiger partial charge in [-0.1, -0.05) is 23.7 Å². The van der Waals surface area contributed by atoms with Crippen molar-refractivity contribution in [3.05, 3.63) is 59.0 Å². The van der Waals surface area contributed by atoms with Crippen LogP contribution < -0.4 is 11.1 Å². The number of rotatable bonds is 2. The van der Waals surface area contributed by atoms with E-state index in [9.17, 15) is 4.39 Å². The van der Waals surface area contributed by atoms with Gasteiger partial charge in [-0.05, 0) is 36.8 Å². The van der Waals surface area contributed by atoms with Crippen molar-refractivity contribution >= 4 is 39.6 Å². The fourth-order valence-corrected chi connectivity index (χ4v) is 2.38. The van der Waals surface area contributed by atoms with Gasteiger partial charge in [0.1, 0.15) is 11.6 Å². The lowest BCUT2D eigenvalue weighted by atomic mass is 10.1. The summed E-state index contributed by atoms with van der Waals surface area (Å²) >= 11 is 5.90. The van der Waals surface area contributed by atoms with Gasteiger partial charge in [0.2, 0.25) is 0 Å². The Morgan fingerprint density at radius 3 is 2.76 bits per heavy atom. The average molecular weight is 302 g/mol. The molecule has 0 atom stereocenters. The van der Waals surface area contributed by atoms with Crippen molar-refractivity contribution in [2.24, 2.45) is 0 Å². The van der Waals surface area contributed by atoms with E-state index in [-0.39, 0.29) is 5.69 Å². The summed E-state index contributed by atoms with van der Waals surface area (Å²) in [5.74, 6) is 0.152. The normalized spacial score (nSPS) is 10.8. The van der Waals surface area contributed by atoms with E-state index in [1.165, 1.54) is 18.2 Å². The molecule has 2 aromatic carbocycles. The van der Waals surface area contributed by atoms with Gasteiger partial charge in [0, 0.05) is 27.7 Å². The summed E-state index contributed by atoms with van der Waals surface area (Å²) in [6, 6.07) is 10.0. The lowest BCUT2D eigenvalue weighted by Gasteiger charge is -2.12. The van der Waals surface area contributed by atoms with Gasteiger partial charge in [0.25, 0.3) is 0 Å². The Morgan fingerprint density at radius 1 is 1.14 bits per heavy atom. The Balaban J connectivity index is 2.13. The van der Waals surface area contributed by atoms with E-state index in [1.807, 2.05) is 25.1 Å². The summed E-state index contributed by atoms with van der Waals surface area (Å²) in [7, 11) is 0. The molecule has 0 amide bonds. The van der Waals surface area contributed by atoms with Crippen LogP contribution in [0, 0.1) is 12.7 Å². The van der Waals surface area contributed by atoms with Gasteiger partial charge in [-0.25, -0.2) is 9.37 Å². The number of nitrogens with zero attached hydrogens (tertiary/aromatic N) is 1. The molecule has 0 radical (unpaired) electrons. The van der Waals surface area contributed by atoms with Crippen molar-refractivity contribution in [2.75, 3.05) is 11.1 Å². The van der Waals surface area contributed by atoms with Crippen molar-refractivity contribution in [2.45, 2.75) is 6.92 Å². The quantitative estimate of drug-likeness (QED) is 0.677. The predicted molar refractivity (Wildman–Crippen MR) is 85.6 cm³/mol. The number of aromatic nitrogens is 1. The van der Waals surface area contributed by atoms with Crippen LogP contribution in [0.2, 0.25) is 5.02 Å². The molecular weight excluding hydrogens is 289 g/mol. The minimum Gasteiger partial charge on any atom is -0.398 e. The first-order valence-electron chi connectivity index (χ1n) is 6.42. The topological polar surface area (TPSA) is 50.9 Å². The van der Waals surface area contributed by atoms with Crippen molar-refractivity contribution < 1.29 is 4.39 Å². The van der Waals surface area contributed by atoms with Crippen LogP contribution in [0.25, 0.3) is 10.8 Å². The maximum absolute atomic E-state index is 13.8. The number of fused-ring (bicyclic) bond motifs is 1. The van der Waals surface area contributed by atoms with Gasteiger partial charge in [0.15, 0.2) is 0 Å². The van der Waals surface area contributed by atoms with E-state index >= 15 is 0 Å². The number of halogens is 2. The Kier molecular flexibility index (Phi) is 3.39. The van der Waals surface area contributed by atoms with Crippen LogP contribution in [0.5, 0.6) is 0 Å². The number of nitrogens with one attached hydrogen (secondary N) is 1. The summed E-state index contributed by atoms with van der Waals surface area (Å²) in [5, 5.41) is 5.15. The SMILES string of the molecule is Cc1ccc2c(Nc3cc(Cl)ccc3F)nccc2c1N. The summed E-state index contributed by atoms with van der Waals surface area (Å²) < 4.78 is 13.8. The minimum absolute atomic E-state index is 0.279. The van der Waals surface area contributed by atoms with Crippen molar-refractivity contribution in [1.29, 1.82) is 0 Å². The molecule has 0 aliphatic heterocycles. The van der Waals surface area contributed by atoms with Crippen molar-refractivity contribution in [3.63, 3.8) is 0 Å². The highest BCUT2D eigenvalue weighted by Gasteiger charge is 2.09. The molecule has 5 heteroatoms. The number of nitrogens with two attached hydrogens (primary N) is 1. The van der Waals surface area contributed by atoms with Crippen LogP contribution >= 0.6 is 11.6 Å². The van der Waals surface area contributed by atoms with E-state index in [2.05, 4.69) is 10.3 Å². The first-order valence-corrected chi connectivity index (χ1v) is 6.80. The molecule has 3 nitrogen and oxygen atoms in total. The van der Waals surface area contributed by atoms with Crippen LogP contribution in [0.1, 0.15) is 5.56 Å². The number of aryl methyl sites for hydroxylation is 1. The highest BCUT2D eigenvalue weighted by molar-refractivity contribution is 6.30. The van der Waals surface area contributed by atoms with Crippen LogP contribution in [-0.4, -0.2) is 4.98 Å². The van der Waals surface area contributed by atoms with Crippen LogP contribution in [0.3, 0.4) is 0 Å². The minimum atomic E-state index is -0.390. The maximum atomic E-state index is 13.8. The Morgan fingerprint density at radius 2 is 1.95 bits per heavy atom. The lowest BCUT2D eigenvalue weighted by molar-refractivity contribution is 0.632. The Hall–Kier alpha value is -2.33. The molecule has 0 spiro atoms. The van der Waals surface area contributed by atoms with Crippen molar-refractivity contribution in [1.82, 2.24) is 4.98 Å². The van der Waals surface area contributed by atoms with E-state index < -0.39 is 5.82 Å². The first-order chi connectivity index (χ1) is 10.1. The zero-order valence-corrected chi connectivity index (χ0v) is 12.1. The van der Waals surface area contributed by atoms with Gasteiger partial charge < -0.3 is 11.1 Å². The molecule has 21 heavy (non-hydrogen) atoms. The van der Waals surface area contributed by atoms with E-state index in [0.29, 0.717) is 16.5 Å². The van der Waals surface area contributed by atoms with Gasteiger partial charge in [-0.3, -0.25) is 0 Å². The third-order valence-electron chi connectivity index (χ3n) is 3.39. The van der Waals surface area contributed by atoms with E-state index in [1.54, 1.807) is 6.20 Å². The molecule has 3 aromatic rings. The summed E-state index contributed by atoms with van der Waals surface area (Å²) in [6.07, 6.45) is 1.64. The van der Waals surface area contributed by atoms with Crippen LogP contribution in [0.15, 0.2) is 42.6 Å². The highest BCUT2D eigenvalue weighted by atomic mass is 35.5. The second kappa shape index (κ2) is 5.22. The number of hydrogen-bond acceptors (Lipinski definition) is 3. The smallest absolute Gasteiger partial charge is 0.146 e. The molecular formula is C16H13ClFN3. The first kappa shape index (κ1) is 13.6. The standard InChI is InChI=1S/C16H13ClFN3/c1-9-2-4-12-11(15(9)19)6-7-20-16(12)21-14-8-10(17)3-5-13(14)18/h2-8H,19H2,1H3,(H,20,21). The molecule has 0 fully saturated rings. The second-order valence-electron chi connectivity index (χ2n) is 4.80. The summed E-state index contributed by atoms with van der Waals surface area (Å²) in [5.41, 5.74) is 8.06. The van der Waals surface area contributed by atoms with Gasteiger partial charge in [-0.15, -0.1) is 0 Å². The fourth-order valence-electron chi connectivity index (χ4n) is 2.21. The molecule has 1 aromatic heterocycles. The Bertz CT molecular complexity index is 833. The zero-order chi connectivity index (χ0) is 15.0. The fraction of sp³-hybridized carbons (Fsp3) is 0.0625. The molecule has 0 aliphatic carbocycles. The van der Waals surface area contributed by atoms with Gasteiger partial charge >= 0.3 is 0 Å². The largest absolute Gasteiger partial charge is 0.398 e. The maximum Gasteiger partial charge on any atom is 0.146 e. The summed E-state index contributed by atoms with van der Waals surface area (Å²) in [4.78, 5) is 4.27. The molecule has 0 saturated carbocycles. The van der Waals surface area contributed by atoms with E-state index in [0.717, 1.165) is 16.3 Å². The summed E-state index contributed by atoms with van der Waals surface area (Å²) in [6.45, 7) is 1.94. The molecule has 3 N–H and O–H groups in total. The van der Waals surface area contributed by atoms with Gasteiger partial charge in [-0.2, -0.15) is 0 Å². The number of anilines is 3. The molecule has 0 bridgehead atoms. The third-order valence-corrected chi connectivity index (χ3v) is 3.62. The van der Waals surface area contributed by atoms with E-state index in [4.69, 9.17) is 17.3 Å². The zero-order valence-electron chi connectivity index (χ0n) is 11.3. The lowest BCUT2D eigenvalue weighted by Crippen LogP contribution is -1.99. The third kappa shape index (κ3) is 2.50. The number of nitrogen functional groups attached to an aromatic ring is 1. The molecule has 0 aliphatic rings.